The highest BCUT2D eigenvalue weighted by Crippen LogP contribution is 2.28. The summed E-state index contributed by atoms with van der Waals surface area (Å²) in [6, 6.07) is -1.93. The minimum atomic E-state index is -5.23. The number of halogens is 3. The van der Waals surface area contributed by atoms with Crippen molar-refractivity contribution in [1.29, 1.82) is 5.26 Å². The van der Waals surface area contributed by atoms with Crippen LogP contribution in [0.5, 0.6) is 0 Å². The molecule has 0 aromatic rings. The van der Waals surface area contributed by atoms with E-state index < -0.39 is 59.6 Å². The smallest absolute Gasteiger partial charge is 0.370 e. The van der Waals surface area contributed by atoms with Gasteiger partial charge in [-0.3, -0.25) is 19.2 Å². The molecule has 0 radical (unpaired) electrons. The van der Waals surface area contributed by atoms with E-state index >= 15 is 0 Å². The number of nitrogens with one attached hydrogen (secondary N) is 4. The fraction of sp³-hybridized carbons (Fsp3) is 0.808. The molecule has 0 aromatic heterocycles. The van der Waals surface area contributed by atoms with Crippen molar-refractivity contribution in [3.63, 3.8) is 0 Å². The van der Waals surface area contributed by atoms with Crippen LogP contribution in [0.2, 0.25) is 0 Å². The third-order valence-corrected chi connectivity index (χ3v) is 6.92. The van der Waals surface area contributed by atoms with Gasteiger partial charge in [0.05, 0.1) is 17.8 Å². The predicted molar refractivity (Wildman–Crippen MR) is 135 cm³/mol. The highest BCUT2D eigenvalue weighted by molar-refractivity contribution is 5.93. The van der Waals surface area contributed by atoms with E-state index in [0.29, 0.717) is 13.0 Å². The number of alkyl halides is 3. The molecular weight excluding hydrogens is 519 g/mol. The van der Waals surface area contributed by atoms with Crippen molar-refractivity contribution in [2.45, 2.75) is 115 Å². The van der Waals surface area contributed by atoms with Crippen LogP contribution in [0.15, 0.2) is 0 Å². The lowest BCUT2D eigenvalue weighted by molar-refractivity contribution is -0.176. The van der Waals surface area contributed by atoms with Gasteiger partial charge in [0.15, 0.2) is 0 Å². The Balaban J connectivity index is 2.23. The normalized spacial score (nSPS) is 21.6. The lowest BCUT2D eigenvalue weighted by atomic mass is 9.84. The Morgan fingerprint density at radius 2 is 1.67 bits per heavy atom. The van der Waals surface area contributed by atoms with Crippen LogP contribution in [0.1, 0.15) is 79.1 Å². The maximum absolute atomic E-state index is 13.3. The molecule has 1 saturated heterocycles. The Kier molecular flexibility index (Phi) is 11.6. The van der Waals surface area contributed by atoms with Crippen LogP contribution in [0.3, 0.4) is 0 Å². The summed E-state index contributed by atoms with van der Waals surface area (Å²) in [6.45, 7) is 6.79. The Bertz CT molecular complexity index is 924. The second-order valence-corrected chi connectivity index (χ2v) is 11.4. The second-order valence-electron chi connectivity index (χ2n) is 11.4. The molecule has 1 saturated carbocycles. The minimum absolute atomic E-state index is 0.0856. The Morgan fingerprint density at radius 3 is 2.18 bits per heavy atom. The molecule has 2 aliphatic rings. The standard InChI is InChI=1S/C26H40F3N5O5/c1-15(39-25(2,3)4)20(34-24(38)26(27,28)29)23(37)33-19(12-16-8-6-5-7-9-16)22(36)32-18(14-30)13-17-10-11-31-21(17)35/h15-20H,5-13H2,1-4H3,(H,31,35)(H,32,36)(H,33,37)(H,34,38)/t15-,17+,18+,19+,20+/m1/s1. The molecule has 220 valence electrons. The van der Waals surface area contributed by atoms with E-state index in [1.54, 1.807) is 26.1 Å². The number of carbonyl (C=O) groups excluding carboxylic acids is 4. The van der Waals surface area contributed by atoms with Crippen LogP contribution >= 0.6 is 0 Å². The van der Waals surface area contributed by atoms with E-state index in [4.69, 9.17) is 4.74 Å². The van der Waals surface area contributed by atoms with Crippen molar-refractivity contribution in [3.8, 4) is 6.07 Å². The van der Waals surface area contributed by atoms with Gasteiger partial charge in [0, 0.05) is 12.5 Å². The van der Waals surface area contributed by atoms with Crippen LogP contribution in [0.4, 0.5) is 13.2 Å². The molecule has 1 heterocycles. The molecule has 10 nitrogen and oxygen atoms in total. The fourth-order valence-corrected chi connectivity index (χ4v) is 5.06. The molecule has 1 aliphatic heterocycles. The Morgan fingerprint density at radius 1 is 1.03 bits per heavy atom. The lowest BCUT2D eigenvalue weighted by Gasteiger charge is -2.33. The number of nitrogens with zero attached hydrogens (tertiary/aromatic N) is 1. The highest BCUT2D eigenvalue weighted by atomic mass is 19.4. The molecule has 0 unspecified atom stereocenters. The lowest BCUT2D eigenvalue weighted by Crippen LogP contribution is -2.60. The zero-order valence-corrected chi connectivity index (χ0v) is 23.0. The SMILES string of the molecule is C[C@@H](OC(C)(C)C)[C@H](NC(=O)C(F)(F)F)C(=O)N[C@@H](CC1CCCCC1)C(=O)N[C@H](C#N)C[C@@H]1CCNC1=O. The Hall–Kier alpha value is -2.88. The van der Waals surface area contributed by atoms with E-state index in [9.17, 15) is 37.6 Å². The van der Waals surface area contributed by atoms with Gasteiger partial charge in [-0.2, -0.15) is 18.4 Å². The van der Waals surface area contributed by atoms with Gasteiger partial charge in [0.1, 0.15) is 18.1 Å². The van der Waals surface area contributed by atoms with Crippen LogP contribution in [-0.4, -0.2) is 66.2 Å². The summed E-state index contributed by atoms with van der Waals surface area (Å²) in [5.74, 6) is -4.54. The van der Waals surface area contributed by atoms with Crippen LogP contribution in [0, 0.1) is 23.2 Å². The number of hydrogen-bond donors (Lipinski definition) is 4. The highest BCUT2D eigenvalue weighted by Gasteiger charge is 2.43. The quantitative estimate of drug-likeness (QED) is 0.305. The average Bonchev–Trinajstić information content (AvgIpc) is 3.24. The number of ether oxygens (including phenoxy) is 1. The molecule has 4 N–H and O–H groups in total. The molecule has 39 heavy (non-hydrogen) atoms. The summed E-state index contributed by atoms with van der Waals surface area (Å²) in [5, 5.41) is 19.1. The van der Waals surface area contributed by atoms with E-state index in [1.807, 2.05) is 6.07 Å². The molecular formula is C26H40F3N5O5. The molecule has 1 aliphatic carbocycles. The van der Waals surface area contributed by atoms with Crippen molar-refractivity contribution >= 4 is 23.6 Å². The van der Waals surface area contributed by atoms with Crippen molar-refractivity contribution in [1.82, 2.24) is 21.3 Å². The molecule has 4 amide bonds. The topological polar surface area (TPSA) is 149 Å². The average molecular weight is 560 g/mol. The van der Waals surface area contributed by atoms with Crippen LogP contribution < -0.4 is 21.3 Å². The third kappa shape index (κ3) is 10.7. The first-order valence-electron chi connectivity index (χ1n) is 13.4. The monoisotopic (exact) mass is 559 g/mol. The Labute approximate surface area is 227 Å². The largest absolute Gasteiger partial charge is 0.471 e. The van der Waals surface area contributed by atoms with Crippen molar-refractivity contribution in [2.75, 3.05) is 6.54 Å². The second kappa shape index (κ2) is 14.0. The van der Waals surface area contributed by atoms with E-state index in [2.05, 4.69) is 16.0 Å². The summed E-state index contributed by atoms with van der Waals surface area (Å²) in [4.78, 5) is 50.3. The maximum atomic E-state index is 13.3. The molecule has 13 heteroatoms. The van der Waals surface area contributed by atoms with E-state index in [-0.39, 0.29) is 24.7 Å². The fourth-order valence-electron chi connectivity index (χ4n) is 5.06. The number of hydrogen-bond acceptors (Lipinski definition) is 6. The molecule has 5 atom stereocenters. The molecule has 0 aromatic carbocycles. The third-order valence-electron chi connectivity index (χ3n) is 6.92. The first-order chi connectivity index (χ1) is 18.1. The first-order valence-corrected chi connectivity index (χ1v) is 13.4. The van der Waals surface area contributed by atoms with Gasteiger partial charge >= 0.3 is 12.1 Å². The predicted octanol–water partition coefficient (Wildman–Crippen LogP) is 2.23. The van der Waals surface area contributed by atoms with Gasteiger partial charge in [-0.1, -0.05) is 32.1 Å². The van der Waals surface area contributed by atoms with Crippen molar-refractivity contribution in [3.05, 3.63) is 0 Å². The van der Waals surface area contributed by atoms with Gasteiger partial charge in [-0.25, -0.2) is 0 Å². The summed E-state index contributed by atoms with van der Waals surface area (Å²) in [7, 11) is 0. The molecule has 0 spiro atoms. The van der Waals surface area contributed by atoms with Gasteiger partial charge in [-0.15, -0.1) is 0 Å². The zero-order valence-electron chi connectivity index (χ0n) is 23.0. The van der Waals surface area contributed by atoms with Crippen molar-refractivity contribution < 1.29 is 37.1 Å². The molecule has 2 fully saturated rings. The van der Waals surface area contributed by atoms with Crippen LogP contribution in [-0.2, 0) is 23.9 Å². The summed E-state index contributed by atoms with van der Waals surface area (Å²) >= 11 is 0. The van der Waals surface area contributed by atoms with Gasteiger partial charge in [0.25, 0.3) is 0 Å². The van der Waals surface area contributed by atoms with Crippen LogP contribution in [0.25, 0.3) is 0 Å². The van der Waals surface area contributed by atoms with Crippen molar-refractivity contribution in [2.24, 2.45) is 11.8 Å². The van der Waals surface area contributed by atoms with Gasteiger partial charge < -0.3 is 26.0 Å². The summed E-state index contributed by atoms with van der Waals surface area (Å²) in [5.41, 5.74) is -0.841. The number of nitriles is 1. The van der Waals surface area contributed by atoms with E-state index in [0.717, 1.165) is 32.1 Å². The molecule has 0 bridgehead atoms. The van der Waals surface area contributed by atoms with Gasteiger partial charge in [-0.05, 0) is 52.9 Å². The summed E-state index contributed by atoms with van der Waals surface area (Å²) < 4.78 is 44.8. The number of rotatable bonds is 11. The van der Waals surface area contributed by atoms with Gasteiger partial charge in [0.2, 0.25) is 17.7 Å². The number of carbonyl (C=O) groups is 4. The minimum Gasteiger partial charge on any atom is -0.370 e. The number of amides is 4. The molecule has 2 rings (SSSR count). The summed E-state index contributed by atoms with van der Waals surface area (Å²) in [6.07, 6.45) is -0.964. The van der Waals surface area contributed by atoms with E-state index in [1.165, 1.54) is 6.92 Å². The first kappa shape index (κ1) is 32.3. The zero-order chi connectivity index (χ0) is 29.4. The maximum Gasteiger partial charge on any atom is 0.471 e.